The van der Waals surface area contributed by atoms with Gasteiger partial charge in [-0.1, -0.05) is 207 Å². The van der Waals surface area contributed by atoms with Crippen LogP contribution < -0.4 is 0 Å². The predicted molar refractivity (Wildman–Crippen MR) is 189 cm³/mol. The molecule has 0 spiro atoms. The van der Waals surface area contributed by atoms with Gasteiger partial charge in [-0.2, -0.15) is 8.42 Å². The second kappa shape index (κ2) is 30.5. The Hall–Kier alpha value is -0.130. The molecule has 1 N–H and O–H groups in total. The molecule has 0 bridgehead atoms. The van der Waals surface area contributed by atoms with E-state index in [1.807, 2.05) is 13.8 Å². The van der Waals surface area contributed by atoms with Crippen LogP contribution in [0.15, 0.2) is 0 Å². The van der Waals surface area contributed by atoms with E-state index in [9.17, 15) is 13.0 Å². The fraction of sp³-hybridized carbons (Fsp3) is 1.00. The molecular weight excluding hydrogens is 552 g/mol. The summed E-state index contributed by atoms with van der Waals surface area (Å²) in [6.07, 6.45) is 40.8. The first-order chi connectivity index (χ1) is 20.8. The van der Waals surface area contributed by atoms with Crippen LogP contribution in [0, 0.1) is 5.92 Å². The molecule has 0 fully saturated rings. The quantitative estimate of drug-likeness (QED) is 0.0559. The highest BCUT2D eigenvalue weighted by atomic mass is 32.3. The topological polar surface area (TPSA) is 63.6 Å². The van der Waals surface area contributed by atoms with Gasteiger partial charge in [0.15, 0.2) is 0 Å². The molecule has 0 aromatic rings. The maximum atomic E-state index is 11.8. The van der Waals surface area contributed by atoms with Gasteiger partial charge in [0.25, 0.3) is 0 Å². The van der Waals surface area contributed by atoms with E-state index in [0.29, 0.717) is 12.8 Å². The molecule has 4 nitrogen and oxygen atoms in total. The van der Waals surface area contributed by atoms with E-state index in [0.717, 1.165) is 25.7 Å². The zero-order valence-corrected chi connectivity index (χ0v) is 30.6. The molecule has 260 valence electrons. The maximum Gasteiger partial charge on any atom is 0.397 e. The Morgan fingerprint density at radius 3 is 0.884 bits per heavy atom. The molecule has 0 saturated carbocycles. The SMILES string of the molecule is CCCCCCCCCCCCCCCCC(CCCCCCCCCCCCCCCC)C(CC)(CC)OS(=O)(=O)O. The molecule has 0 saturated heterocycles. The van der Waals surface area contributed by atoms with Crippen LogP contribution in [0.3, 0.4) is 0 Å². The lowest BCUT2D eigenvalue weighted by atomic mass is 9.77. The third-order valence-corrected chi connectivity index (χ3v) is 10.6. The molecule has 0 amide bonds. The van der Waals surface area contributed by atoms with Crippen molar-refractivity contribution < 1.29 is 17.2 Å². The number of hydrogen-bond acceptors (Lipinski definition) is 3. The summed E-state index contributed by atoms with van der Waals surface area (Å²) in [4.78, 5) is 0. The van der Waals surface area contributed by atoms with Gasteiger partial charge in [0.05, 0.1) is 5.60 Å². The van der Waals surface area contributed by atoms with E-state index in [1.165, 1.54) is 167 Å². The number of hydrogen-bond donors (Lipinski definition) is 1. The molecule has 0 aromatic heterocycles. The monoisotopic (exact) mass is 631 g/mol. The van der Waals surface area contributed by atoms with Gasteiger partial charge >= 0.3 is 10.4 Å². The van der Waals surface area contributed by atoms with Crippen LogP contribution in [0.5, 0.6) is 0 Å². The van der Waals surface area contributed by atoms with Gasteiger partial charge < -0.3 is 0 Å². The van der Waals surface area contributed by atoms with Gasteiger partial charge in [0.1, 0.15) is 0 Å². The Kier molecular flexibility index (Phi) is 30.4. The van der Waals surface area contributed by atoms with E-state index in [1.54, 1.807) is 0 Å². The molecule has 0 aliphatic rings. The van der Waals surface area contributed by atoms with E-state index in [-0.39, 0.29) is 5.92 Å². The second-order valence-corrected chi connectivity index (χ2v) is 14.8. The third-order valence-electron chi connectivity index (χ3n) is 10.0. The Morgan fingerprint density at radius 2 is 0.674 bits per heavy atom. The summed E-state index contributed by atoms with van der Waals surface area (Å²) in [6, 6.07) is 0. The minimum absolute atomic E-state index is 0.180. The van der Waals surface area contributed by atoms with Crippen molar-refractivity contribution in [2.75, 3.05) is 0 Å². The van der Waals surface area contributed by atoms with Crippen molar-refractivity contribution in [2.45, 2.75) is 239 Å². The minimum Gasteiger partial charge on any atom is -0.264 e. The predicted octanol–water partition coefficient (Wildman–Crippen LogP) is 13.7. The second-order valence-electron chi connectivity index (χ2n) is 13.7. The molecule has 5 heteroatoms. The average molecular weight is 631 g/mol. The van der Waals surface area contributed by atoms with Crippen molar-refractivity contribution in [3.05, 3.63) is 0 Å². The van der Waals surface area contributed by atoms with Crippen molar-refractivity contribution in [3.63, 3.8) is 0 Å². The van der Waals surface area contributed by atoms with E-state index < -0.39 is 16.0 Å². The first-order valence-corrected chi connectivity index (χ1v) is 20.9. The first kappa shape index (κ1) is 42.9. The van der Waals surface area contributed by atoms with Crippen LogP contribution in [0.25, 0.3) is 0 Å². The molecule has 0 radical (unpaired) electrons. The zero-order chi connectivity index (χ0) is 31.9. The molecule has 43 heavy (non-hydrogen) atoms. The number of rotatable bonds is 35. The molecule has 0 aromatic carbocycles. The fourth-order valence-corrected chi connectivity index (χ4v) is 7.86. The summed E-state index contributed by atoms with van der Waals surface area (Å²) >= 11 is 0. The van der Waals surface area contributed by atoms with Crippen LogP contribution in [-0.2, 0) is 14.6 Å². The molecule has 0 rings (SSSR count). The molecule has 0 atom stereocenters. The Balaban J connectivity index is 4.25. The summed E-state index contributed by atoms with van der Waals surface area (Å²) in [6.45, 7) is 8.58. The lowest BCUT2D eigenvalue weighted by Crippen LogP contribution is -2.41. The van der Waals surface area contributed by atoms with Gasteiger partial charge in [0, 0.05) is 0 Å². The summed E-state index contributed by atoms with van der Waals surface area (Å²) in [5.74, 6) is 0.180. The van der Waals surface area contributed by atoms with Crippen LogP contribution >= 0.6 is 0 Å². The van der Waals surface area contributed by atoms with Gasteiger partial charge in [-0.05, 0) is 31.6 Å². The van der Waals surface area contributed by atoms with Gasteiger partial charge in [-0.15, -0.1) is 0 Å². The van der Waals surface area contributed by atoms with Crippen molar-refractivity contribution in [1.29, 1.82) is 0 Å². The maximum absolute atomic E-state index is 11.8. The van der Waals surface area contributed by atoms with Crippen LogP contribution in [-0.4, -0.2) is 18.6 Å². The molecular formula is C38H78O4S. The Labute approximate surface area is 271 Å². The van der Waals surface area contributed by atoms with Gasteiger partial charge in [0.2, 0.25) is 0 Å². The highest BCUT2D eigenvalue weighted by molar-refractivity contribution is 7.80. The van der Waals surface area contributed by atoms with Gasteiger partial charge in [-0.25, -0.2) is 4.18 Å². The lowest BCUT2D eigenvalue weighted by Gasteiger charge is -2.38. The van der Waals surface area contributed by atoms with Crippen LogP contribution in [0.2, 0.25) is 0 Å². The number of unbranched alkanes of at least 4 members (excludes halogenated alkanes) is 26. The smallest absolute Gasteiger partial charge is 0.264 e. The molecule has 0 unspecified atom stereocenters. The normalized spacial score (nSPS) is 12.5. The van der Waals surface area contributed by atoms with Crippen molar-refractivity contribution >= 4 is 10.4 Å². The van der Waals surface area contributed by atoms with Crippen molar-refractivity contribution in [1.82, 2.24) is 0 Å². The van der Waals surface area contributed by atoms with E-state index >= 15 is 0 Å². The van der Waals surface area contributed by atoms with Crippen molar-refractivity contribution in [3.8, 4) is 0 Å². The fourth-order valence-electron chi connectivity index (χ4n) is 7.06. The summed E-state index contributed by atoms with van der Waals surface area (Å²) < 4.78 is 38.7. The van der Waals surface area contributed by atoms with Gasteiger partial charge in [-0.3, -0.25) is 4.55 Å². The van der Waals surface area contributed by atoms with E-state index in [2.05, 4.69) is 13.8 Å². The highest BCUT2D eigenvalue weighted by Gasteiger charge is 2.40. The average Bonchev–Trinajstić information content (AvgIpc) is 2.98. The lowest BCUT2D eigenvalue weighted by molar-refractivity contribution is -0.0126. The standard InChI is InChI=1S/C38H78O4S/c1-5-9-11-13-15-17-19-21-23-25-27-29-31-33-35-37(38(7-3,8-4)42-43(39,40)41)36-34-32-30-28-26-24-22-20-18-16-14-12-10-6-2/h37H,5-36H2,1-4H3,(H,39,40,41). The molecule has 0 aliphatic carbocycles. The summed E-state index contributed by atoms with van der Waals surface area (Å²) in [5, 5.41) is 0. The first-order valence-electron chi connectivity index (χ1n) is 19.5. The van der Waals surface area contributed by atoms with E-state index in [4.69, 9.17) is 4.18 Å². The Bertz CT molecular complexity index is 627. The largest absolute Gasteiger partial charge is 0.397 e. The summed E-state index contributed by atoms with van der Waals surface area (Å²) in [7, 11) is -4.47. The molecule has 0 aliphatic heterocycles. The zero-order valence-electron chi connectivity index (χ0n) is 29.8. The van der Waals surface area contributed by atoms with Crippen LogP contribution in [0.4, 0.5) is 0 Å². The third kappa shape index (κ3) is 26.8. The summed E-state index contributed by atoms with van der Waals surface area (Å²) in [5.41, 5.74) is -0.777. The molecule has 0 heterocycles. The van der Waals surface area contributed by atoms with Crippen LogP contribution in [0.1, 0.15) is 233 Å². The Morgan fingerprint density at radius 1 is 0.442 bits per heavy atom. The highest BCUT2D eigenvalue weighted by Crippen LogP contribution is 2.38. The minimum atomic E-state index is -4.47. The van der Waals surface area contributed by atoms with Crippen molar-refractivity contribution in [2.24, 2.45) is 5.92 Å².